The SMILES string of the molecule is C=CC(=O)OCCCCCOc1cc(N=Nc2ccc(N(CCC)CCC)cc2C)c(OCCCCOC(=O)C=C)cc1N=Nc1ccc([N+](=O)[O-])cc1Cl. The highest BCUT2D eigenvalue weighted by Gasteiger charge is 2.15. The summed E-state index contributed by atoms with van der Waals surface area (Å²) in [5, 5.41) is 29.1. The first kappa shape index (κ1) is 43.8. The molecule has 3 rings (SSSR count). The summed E-state index contributed by atoms with van der Waals surface area (Å²) in [6.45, 7) is 16.1. The van der Waals surface area contributed by atoms with Crippen LogP contribution in [0.4, 0.5) is 34.1 Å². The van der Waals surface area contributed by atoms with Gasteiger partial charge in [-0.2, -0.15) is 5.11 Å². The average molecular weight is 777 g/mol. The number of carbonyl (C=O) groups excluding carboxylic acids is 2. The zero-order chi connectivity index (χ0) is 40.0. The Morgan fingerprint density at radius 1 is 0.727 bits per heavy atom. The number of nitrogens with zero attached hydrogens (tertiary/aromatic N) is 6. The molecule has 0 aliphatic heterocycles. The van der Waals surface area contributed by atoms with Gasteiger partial charge in [0.15, 0.2) is 0 Å². The average Bonchev–Trinajstić information content (AvgIpc) is 3.17. The van der Waals surface area contributed by atoms with Crippen LogP contribution in [-0.2, 0) is 19.1 Å². The van der Waals surface area contributed by atoms with Gasteiger partial charge in [0.25, 0.3) is 5.69 Å². The molecule has 0 saturated heterocycles. The highest BCUT2D eigenvalue weighted by molar-refractivity contribution is 6.33. The number of benzene rings is 3. The van der Waals surface area contributed by atoms with E-state index in [0.717, 1.165) is 55.8 Å². The van der Waals surface area contributed by atoms with E-state index < -0.39 is 16.9 Å². The van der Waals surface area contributed by atoms with Gasteiger partial charge in [0.1, 0.15) is 28.6 Å². The van der Waals surface area contributed by atoms with Crippen molar-refractivity contribution in [2.45, 2.75) is 65.7 Å². The Morgan fingerprint density at radius 2 is 1.22 bits per heavy atom. The minimum absolute atomic E-state index is 0.0468. The van der Waals surface area contributed by atoms with Crippen molar-refractivity contribution >= 4 is 57.7 Å². The summed E-state index contributed by atoms with van der Waals surface area (Å²) in [4.78, 5) is 35.8. The molecule has 0 saturated carbocycles. The van der Waals surface area contributed by atoms with Crippen molar-refractivity contribution in [2.24, 2.45) is 20.5 Å². The molecule has 0 heterocycles. The molecule has 0 aromatic heterocycles. The molecule has 294 valence electrons. The lowest BCUT2D eigenvalue weighted by atomic mass is 10.1. The Bertz CT molecular complexity index is 1830. The zero-order valence-electron chi connectivity index (χ0n) is 31.7. The normalized spacial score (nSPS) is 11.1. The third-order valence-corrected chi connectivity index (χ3v) is 8.21. The number of unbranched alkanes of at least 4 members (excludes halogenated alkanes) is 3. The number of rotatable bonds is 25. The second kappa shape index (κ2) is 23.9. The van der Waals surface area contributed by atoms with Gasteiger partial charge in [-0.1, -0.05) is 38.6 Å². The summed E-state index contributed by atoms with van der Waals surface area (Å²) in [7, 11) is 0. The van der Waals surface area contributed by atoms with Gasteiger partial charge in [0.05, 0.1) is 42.1 Å². The van der Waals surface area contributed by atoms with E-state index in [1.807, 2.05) is 19.1 Å². The zero-order valence-corrected chi connectivity index (χ0v) is 32.5. The largest absolute Gasteiger partial charge is 0.491 e. The van der Waals surface area contributed by atoms with Crippen molar-refractivity contribution in [3.63, 3.8) is 0 Å². The molecule has 0 spiro atoms. The number of carbonyl (C=O) groups is 2. The lowest BCUT2D eigenvalue weighted by molar-refractivity contribution is -0.384. The van der Waals surface area contributed by atoms with Crippen LogP contribution >= 0.6 is 11.6 Å². The standard InChI is InChI=1S/C40H49ClN6O8/c1-6-19-46(20-7-2)30-15-17-33(29(5)25-30)42-44-35-27-38(52-21-11-10-12-23-54-39(48)8-3)36(28-37(35)53-22-13-14-24-55-40(49)9-4)45-43-34-18-16-31(47(50)51)26-32(34)41/h8-9,15-18,25-28H,3-4,6-7,10-14,19-24H2,1-2,5H3. The van der Waals surface area contributed by atoms with Gasteiger partial charge in [-0.25, -0.2) is 9.59 Å². The molecule has 3 aromatic rings. The van der Waals surface area contributed by atoms with Crippen molar-refractivity contribution in [3.05, 3.63) is 94.5 Å². The first-order valence-electron chi connectivity index (χ1n) is 18.2. The molecule has 55 heavy (non-hydrogen) atoms. The van der Waals surface area contributed by atoms with Crippen LogP contribution in [0.15, 0.2) is 94.3 Å². The van der Waals surface area contributed by atoms with Crippen LogP contribution in [0.2, 0.25) is 5.02 Å². The van der Waals surface area contributed by atoms with Crippen molar-refractivity contribution in [2.75, 3.05) is 44.4 Å². The monoisotopic (exact) mass is 776 g/mol. The number of anilines is 1. The van der Waals surface area contributed by atoms with E-state index in [0.29, 0.717) is 55.2 Å². The van der Waals surface area contributed by atoms with Gasteiger partial charge in [0, 0.05) is 55.2 Å². The minimum Gasteiger partial charge on any atom is -0.491 e. The van der Waals surface area contributed by atoms with E-state index in [1.165, 1.54) is 18.2 Å². The molecule has 0 bridgehead atoms. The van der Waals surface area contributed by atoms with E-state index in [2.05, 4.69) is 58.4 Å². The van der Waals surface area contributed by atoms with Crippen LogP contribution in [0.1, 0.15) is 64.4 Å². The highest BCUT2D eigenvalue weighted by atomic mass is 35.5. The Balaban J connectivity index is 1.97. The second-order valence-corrected chi connectivity index (χ2v) is 12.7. The summed E-state index contributed by atoms with van der Waals surface area (Å²) in [5.74, 6) is -0.288. The number of azo groups is 2. The maximum absolute atomic E-state index is 11.4. The molecule has 0 fully saturated rings. The summed E-state index contributed by atoms with van der Waals surface area (Å²) >= 11 is 6.30. The number of hydrogen-bond donors (Lipinski definition) is 0. The molecule has 3 aromatic carbocycles. The molecule has 0 amide bonds. The number of esters is 2. The van der Waals surface area contributed by atoms with Crippen LogP contribution in [0.3, 0.4) is 0 Å². The quantitative estimate of drug-likeness (QED) is 0.0203. The Kier molecular flexibility index (Phi) is 19.0. The first-order chi connectivity index (χ1) is 26.6. The topological polar surface area (TPSA) is 167 Å². The van der Waals surface area contributed by atoms with Crippen LogP contribution in [-0.4, -0.2) is 56.4 Å². The second-order valence-electron chi connectivity index (χ2n) is 12.2. The molecule has 0 unspecified atom stereocenters. The third kappa shape index (κ3) is 15.0. The maximum Gasteiger partial charge on any atom is 0.330 e. The van der Waals surface area contributed by atoms with Crippen LogP contribution in [0, 0.1) is 17.0 Å². The fourth-order valence-electron chi connectivity index (χ4n) is 5.10. The van der Waals surface area contributed by atoms with E-state index >= 15 is 0 Å². The van der Waals surface area contributed by atoms with Gasteiger partial charge >= 0.3 is 11.9 Å². The van der Waals surface area contributed by atoms with Crippen molar-refractivity contribution in [3.8, 4) is 11.5 Å². The van der Waals surface area contributed by atoms with E-state index in [4.69, 9.17) is 30.5 Å². The summed E-state index contributed by atoms with van der Waals surface area (Å²) in [6, 6.07) is 13.3. The number of nitro groups is 1. The summed E-state index contributed by atoms with van der Waals surface area (Å²) < 4.78 is 22.5. The van der Waals surface area contributed by atoms with E-state index in [9.17, 15) is 19.7 Å². The number of halogens is 1. The maximum atomic E-state index is 11.4. The molecule has 0 radical (unpaired) electrons. The minimum atomic E-state index is -0.550. The number of aryl methyl sites for hydroxylation is 1. The Hall–Kier alpha value is -5.63. The summed E-state index contributed by atoms with van der Waals surface area (Å²) in [6.07, 6.45) is 7.42. The van der Waals surface area contributed by atoms with Crippen LogP contribution in [0.25, 0.3) is 0 Å². The molecule has 15 heteroatoms. The predicted octanol–water partition coefficient (Wildman–Crippen LogP) is 11.2. The van der Waals surface area contributed by atoms with Gasteiger partial charge in [0.2, 0.25) is 0 Å². The molecular formula is C40H49ClN6O8. The van der Waals surface area contributed by atoms with Gasteiger partial charge < -0.3 is 23.8 Å². The number of non-ortho nitro benzene ring substituents is 1. The van der Waals surface area contributed by atoms with Crippen molar-refractivity contribution in [1.29, 1.82) is 0 Å². The molecular weight excluding hydrogens is 728 g/mol. The lowest BCUT2D eigenvalue weighted by Crippen LogP contribution is -2.24. The van der Waals surface area contributed by atoms with Gasteiger partial charge in [-0.05, 0) is 81.7 Å². The number of ether oxygens (including phenoxy) is 4. The predicted molar refractivity (Wildman–Crippen MR) is 213 cm³/mol. The van der Waals surface area contributed by atoms with Crippen LogP contribution < -0.4 is 14.4 Å². The van der Waals surface area contributed by atoms with E-state index in [-0.39, 0.29) is 41.9 Å². The molecule has 0 aliphatic carbocycles. The molecule has 14 nitrogen and oxygen atoms in total. The fraction of sp³-hybridized carbons (Fsp3) is 0.400. The number of hydrogen-bond acceptors (Lipinski definition) is 13. The highest BCUT2D eigenvalue weighted by Crippen LogP contribution is 2.42. The first-order valence-corrected chi connectivity index (χ1v) is 18.6. The smallest absolute Gasteiger partial charge is 0.330 e. The van der Waals surface area contributed by atoms with Crippen molar-refractivity contribution < 1.29 is 33.5 Å². The summed E-state index contributed by atoms with van der Waals surface area (Å²) in [5.41, 5.74) is 3.46. The molecule has 0 atom stereocenters. The lowest BCUT2D eigenvalue weighted by Gasteiger charge is -2.24. The van der Waals surface area contributed by atoms with Crippen LogP contribution in [0.5, 0.6) is 11.5 Å². The van der Waals surface area contributed by atoms with Gasteiger partial charge in [-0.3, -0.25) is 10.1 Å². The Labute approximate surface area is 327 Å². The van der Waals surface area contributed by atoms with E-state index in [1.54, 1.807) is 12.1 Å². The number of nitro benzene ring substituents is 1. The molecule has 0 N–H and O–H groups in total. The fourth-order valence-corrected chi connectivity index (χ4v) is 5.32. The third-order valence-electron chi connectivity index (χ3n) is 7.91. The molecule has 0 aliphatic rings. The Morgan fingerprint density at radius 3 is 1.73 bits per heavy atom. The van der Waals surface area contributed by atoms with Gasteiger partial charge in [-0.15, -0.1) is 15.3 Å². The van der Waals surface area contributed by atoms with Crippen molar-refractivity contribution in [1.82, 2.24) is 0 Å².